The lowest BCUT2D eigenvalue weighted by molar-refractivity contribution is 0.311. The number of methoxy groups -OCH3 is 1. The van der Waals surface area contributed by atoms with Crippen molar-refractivity contribution in [2.24, 2.45) is 5.41 Å². The van der Waals surface area contributed by atoms with Crippen LogP contribution < -0.4 is 10.1 Å². The molecule has 1 heterocycles. The molecule has 1 aromatic carbocycles. The van der Waals surface area contributed by atoms with E-state index < -0.39 is 0 Å². The Hall–Kier alpha value is -2.03. The maximum Gasteiger partial charge on any atom is 0.130 e. The van der Waals surface area contributed by atoms with Gasteiger partial charge in [-0.1, -0.05) is 26.0 Å². The number of aromatic nitrogens is 1. The van der Waals surface area contributed by atoms with E-state index in [9.17, 15) is 0 Å². The summed E-state index contributed by atoms with van der Waals surface area (Å²) in [6, 6.07) is 12.2. The van der Waals surface area contributed by atoms with Crippen molar-refractivity contribution in [1.29, 1.82) is 0 Å². The SMILES string of the molecule is COc1cccc(Nc2ccc3c(n2)CC(C)(C)CC3)c1. The van der Waals surface area contributed by atoms with E-state index in [1.165, 1.54) is 17.7 Å². The van der Waals surface area contributed by atoms with Gasteiger partial charge in [-0.2, -0.15) is 0 Å². The molecule has 0 radical (unpaired) electrons. The van der Waals surface area contributed by atoms with E-state index in [0.717, 1.165) is 30.1 Å². The molecule has 0 atom stereocenters. The molecule has 3 heteroatoms. The first-order valence-electron chi connectivity index (χ1n) is 7.46. The monoisotopic (exact) mass is 282 g/mol. The van der Waals surface area contributed by atoms with Crippen LogP contribution in [-0.2, 0) is 12.8 Å². The molecule has 3 rings (SSSR count). The van der Waals surface area contributed by atoms with Crippen LogP contribution in [0.15, 0.2) is 36.4 Å². The molecule has 0 fully saturated rings. The van der Waals surface area contributed by atoms with Gasteiger partial charge in [-0.25, -0.2) is 4.98 Å². The van der Waals surface area contributed by atoms with Gasteiger partial charge in [0.2, 0.25) is 0 Å². The van der Waals surface area contributed by atoms with E-state index in [-0.39, 0.29) is 0 Å². The Morgan fingerprint density at radius 2 is 2.05 bits per heavy atom. The first-order chi connectivity index (χ1) is 10.1. The highest BCUT2D eigenvalue weighted by molar-refractivity contribution is 5.58. The molecule has 0 spiro atoms. The number of benzene rings is 1. The Kier molecular flexibility index (Phi) is 3.58. The topological polar surface area (TPSA) is 34.1 Å². The van der Waals surface area contributed by atoms with Crippen molar-refractivity contribution in [3.05, 3.63) is 47.7 Å². The molecular formula is C18H22N2O. The zero-order valence-electron chi connectivity index (χ0n) is 12.9. The van der Waals surface area contributed by atoms with Gasteiger partial charge in [-0.15, -0.1) is 0 Å². The van der Waals surface area contributed by atoms with Crippen LogP contribution in [0.1, 0.15) is 31.5 Å². The van der Waals surface area contributed by atoms with Gasteiger partial charge >= 0.3 is 0 Å². The van der Waals surface area contributed by atoms with Crippen LogP contribution in [0.5, 0.6) is 5.75 Å². The van der Waals surface area contributed by atoms with Gasteiger partial charge in [0.05, 0.1) is 7.11 Å². The fraction of sp³-hybridized carbons (Fsp3) is 0.389. The fourth-order valence-corrected chi connectivity index (χ4v) is 2.84. The quantitative estimate of drug-likeness (QED) is 0.908. The standard InChI is InChI=1S/C18H22N2O/c1-18(2)10-9-13-7-8-17(20-16(13)12-18)19-14-5-4-6-15(11-14)21-3/h4-8,11H,9-10,12H2,1-3H3,(H,19,20). The third-order valence-corrected chi connectivity index (χ3v) is 4.13. The van der Waals surface area contributed by atoms with Crippen LogP contribution in [0.3, 0.4) is 0 Å². The number of pyridine rings is 1. The molecule has 21 heavy (non-hydrogen) atoms. The average molecular weight is 282 g/mol. The summed E-state index contributed by atoms with van der Waals surface area (Å²) in [5.74, 6) is 1.75. The summed E-state index contributed by atoms with van der Waals surface area (Å²) in [7, 11) is 1.68. The van der Waals surface area contributed by atoms with Gasteiger partial charge in [-0.3, -0.25) is 0 Å². The molecule has 1 aromatic heterocycles. The minimum Gasteiger partial charge on any atom is -0.497 e. The zero-order valence-corrected chi connectivity index (χ0v) is 12.9. The van der Waals surface area contributed by atoms with Gasteiger partial charge < -0.3 is 10.1 Å². The maximum atomic E-state index is 5.25. The lowest BCUT2D eigenvalue weighted by atomic mass is 9.76. The highest BCUT2D eigenvalue weighted by Gasteiger charge is 2.26. The van der Waals surface area contributed by atoms with Crippen LogP contribution in [0.2, 0.25) is 0 Å². The minimum atomic E-state index is 0.356. The number of nitrogens with zero attached hydrogens (tertiary/aromatic N) is 1. The normalized spacial score (nSPS) is 16.1. The largest absolute Gasteiger partial charge is 0.497 e. The molecule has 0 amide bonds. The second kappa shape index (κ2) is 5.40. The zero-order chi connectivity index (χ0) is 14.9. The molecule has 110 valence electrons. The molecule has 0 aliphatic heterocycles. The molecule has 0 bridgehead atoms. The van der Waals surface area contributed by atoms with Gasteiger partial charge in [0.15, 0.2) is 0 Å². The summed E-state index contributed by atoms with van der Waals surface area (Å²) in [4.78, 5) is 4.81. The second-order valence-corrected chi connectivity index (χ2v) is 6.50. The summed E-state index contributed by atoms with van der Waals surface area (Å²) in [5, 5.41) is 3.36. The van der Waals surface area contributed by atoms with E-state index in [2.05, 4.69) is 31.3 Å². The van der Waals surface area contributed by atoms with Crippen LogP contribution in [0, 0.1) is 5.41 Å². The summed E-state index contributed by atoms with van der Waals surface area (Å²) < 4.78 is 5.25. The third kappa shape index (κ3) is 3.18. The number of aryl methyl sites for hydroxylation is 1. The Morgan fingerprint density at radius 3 is 2.86 bits per heavy atom. The molecule has 0 saturated carbocycles. The van der Waals surface area contributed by atoms with Crippen molar-refractivity contribution in [3.8, 4) is 5.75 Å². The van der Waals surface area contributed by atoms with Gasteiger partial charge in [0, 0.05) is 17.4 Å². The third-order valence-electron chi connectivity index (χ3n) is 4.13. The molecule has 1 N–H and O–H groups in total. The summed E-state index contributed by atoms with van der Waals surface area (Å²) >= 11 is 0. The van der Waals surface area contributed by atoms with E-state index in [4.69, 9.17) is 9.72 Å². The van der Waals surface area contributed by atoms with Crippen LogP contribution in [0.25, 0.3) is 0 Å². The highest BCUT2D eigenvalue weighted by Crippen LogP contribution is 2.34. The molecule has 1 aliphatic carbocycles. The van der Waals surface area contributed by atoms with Crippen LogP contribution >= 0.6 is 0 Å². The number of hydrogen-bond acceptors (Lipinski definition) is 3. The Balaban J connectivity index is 1.83. The summed E-state index contributed by atoms with van der Waals surface area (Å²) in [6.07, 6.45) is 3.43. The fourth-order valence-electron chi connectivity index (χ4n) is 2.84. The van der Waals surface area contributed by atoms with Crippen LogP contribution in [0.4, 0.5) is 11.5 Å². The number of rotatable bonds is 3. The maximum absolute atomic E-state index is 5.25. The van der Waals surface area contributed by atoms with Gasteiger partial charge in [0.25, 0.3) is 0 Å². The van der Waals surface area contributed by atoms with E-state index >= 15 is 0 Å². The summed E-state index contributed by atoms with van der Waals surface area (Å²) in [5.41, 5.74) is 3.98. The number of ether oxygens (including phenoxy) is 1. The van der Waals surface area contributed by atoms with E-state index in [1.807, 2.05) is 24.3 Å². The predicted molar refractivity (Wildman–Crippen MR) is 86.3 cm³/mol. The Morgan fingerprint density at radius 1 is 1.19 bits per heavy atom. The van der Waals surface area contributed by atoms with Gasteiger partial charge in [0.1, 0.15) is 11.6 Å². The number of anilines is 2. The van der Waals surface area contributed by atoms with Crippen LogP contribution in [-0.4, -0.2) is 12.1 Å². The van der Waals surface area contributed by atoms with Crippen molar-refractivity contribution in [2.75, 3.05) is 12.4 Å². The molecular weight excluding hydrogens is 260 g/mol. The molecule has 2 aromatic rings. The van der Waals surface area contributed by atoms with Crippen molar-refractivity contribution < 1.29 is 4.74 Å². The van der Waals surface area contributed by atoms with E-state index in [0.29, 0.717) is 5.41 Å². The lowest BCUT2D eigenvalue weighted by Gasteiger charge is -2.30. The molecule has 0 saturated heterocycles. The second-order valence-electron chi connectivity index (χ2n) is 6.50. The smallest absolute Gasteiger partial charge is 0.130 e. The summed E-state index contributed by atoms with van der Waals surface area (Å²) in [6.45, 7) is 4.64. The van der Waals surface area contributed by atoms with E-state index in [1.54, 1.807) is 7.11 Å². The van der Waals surface area contributed by atoms with Crippen molar-refractivity contribution in [3.63, 3.8) is 0 Å². The molecule has 0 unspecified atom stereocenters. The van der Waals surface area contributed by atoms with Gasteiger partial charge in [-0.05, 0) is 48.4 Å². The number of nitrogens with one attached hydrogen (secondary N) is 1. The van der Waals surface area contributed by atoms with Crippen molar-refractivity contribution in [1.82, 2.24) is 4.98 Å². The van der Waals surface area contributed by atoms with Crippen molar-refractivity contribution in [2.45, 2.75) is 33.1 Å². The number of hydrogen-bond donors (Lipinski definition) is 1. The molecule has 3 nitrogen and oxygen atoms in total. The lowest BCUT2D eigenvalue weighted by Crippen LogP contribution is -2.23. The Labute approximate surface area is 126 Å². The molecule has 1 aliphatic rings. The predicted octanol–water partition coefficient (Wildman–Crippen LogP) is 4.35. The Bertz CT molecular complexity index is 649. The minimum absolute atomic E-state index is 0.356. The number of fused-ring (bicyclic) bond motifs is 1. The average Bonchev–Trinajstić information content (AvgIpc) is 2.46. The first kappa shape index (κ1) is 13.9. The highest BCUT2D eigenvalue weighted by atomic mass is 16.5. The van der Waals surface area contributed by atoms with Crippen molar-refractivity contribution >= 4 is 11.5 Å². The first-order valence-corrected chi connectivity index (χ1v) is 7.46.